The van der Waals surface area contributed by atoms with Gasteiger partial charge in [0.25, 0.3) is 5.91 Å². The van der Waals surface area contributed by atoms with Crippen LogP contribution in [0.15, 0.2) is 78.4 Å². The van der Waals surface area contributed by atoms with Gasteiger partial charge in [0, 0.05) is 26.9 Å². The van der Waals surface area contributed by atoms with Gasteiger partial charge in [-0.25, -0.2) is 0 Å². The van der Waals surface area contributed by atoms with Crippen LogP contribution in [-0.4, -0.2) is 5.91 Å². The average molecular weight is 423 g/mol. The lowest BCUT2D eigenvalue weighted by molar-refractivity contribution is -0.112. The molecule has 0 aliphatic heterocycles. The van der Waals surface area contributed by atoms with Gasteiger partial charge in [0.2, 0.25) is 0 Å². The van der Waals surface area contributed by atoms with Crippen molar-refractivity contribution in [1.29, 1.82) is 5.26 Å². The molecule has 6 heteroatoms. The summed E-state index contributed by atoms with van der Waals surface area (Å²) in [4.78, 5) is 12.4. The molecule has 3 aromatic rings. The summed E-state index contributed by atoms with van der Waals surface area (Å²) in [7, 11) is 0. The van der Waals surface area contributed by atoms with E-state index in [0.717, 1.165) is 5.56 Å². The Labute approximate surface area is 179 Å². The number of benzene rings is 3. The monoisotopic (exact) mass is 422 g/mol. The van der Waals surface area contributed by atoms with Crippen LogP contribution in [0.2, 0.25) is 10.0 Å². The van der Waals surface area contributed by atoms with Crippen molar-refractivity contribution in [1.82, 2.24) is 0 Å². The van der Waals surface area contributed by atoms with Crippen molar-refractivity contribution in [3.05, 3.63) is 99.5 Å². The molecule has 0 saturated heterocycles. The number of anilines is 1. The average Bonchev–Trinajstić information content (AvgIpc) is 2.72. The molecular formula is C23H16Cl2N2O2. The SMILES string of the molecule is N#C/C(=C\c1ccccc1OCc1ccc(Cl)cc1Cl)C(=O)Nc1ccccc1. The maximum atomic E-state index is 12.4. The third-order valence-corrected chi connectivity index (χ3v) is 4.60. The number of para-hydroxylation sites is 2. The number of amides is 1. The third kappa shape index (κ3) is 5.61. The largest absolute Gasteiger partial charge is 0.488 e. The number of ether oxygens (including phenoxy) is 1. The van der Waals surface area contributed by atoms with E-state index in [0.29, 0.717) is 27.0 Å². The van der Waals surface area contributed by atoms with Gasteiger partial charge in [-0.3, -0.25) is 4.79 Å². The zero-order valence-electron chi connectivity index (χ0n) is 15.2. The Morgan fingerprint density at radius 3 is 2.48 bits per heavy atom. The summed E-state index contributed by atoms with van der Waals surface area (Å²) in [6.07, 6.45) is 1.50. The van der Waals surface area contributed by atoms with Gasteiger partial charge in [-0.15, -0.1) is 0 Å². The predicted molar refractivity (Wildman–Crippen MR) is 116 cm³/mol. The maximum Gasteiger partial charge on any atom is 0.266 e. The van der Waals surface area contributed by atoms with Crippen molar-refractivity contribution in [3.8, 4) is 11.8 Å². The Morgan fingerprint density at radius 1 is 1.03 bits per heavy atom. The Balaban J connectivity index is 1.79. The first kappa shape index (κ1) is 20.5. The first-order valence-electron chi connectivity index (χ1n) is 8.71. The van der Waals surface area contributed by atoms with Gasteiger partial charge in [-0.2, -0.15) is 5.26 Å². The van der Waals surface area contributed by atoms with E-state index in [1.165, 1.54) is 6.08 Å². The summed E-state index contributed by atoms with van der Waals surface area (Å²) in [5.41, 5.74) is 1.96. The van der Waals surface area contributed by atoms with Crippen molar-refractivity contribution < 1.29 is 9.53 Å². The minimum atomic E-state index is -0.491. The van der Waals surface area contributed by atoms with Crippen LogP contribution >= 0.6 is 23.2 Å². The molecule has 0 aliphatic carbocycles. The molecule has 4 nitrogen and oxygen atoms in total. The molecular weight excluding hydrogens is 407 g/mol. The predicted octanol–water partition coefficient (Wildman–Crippen LogP) is 6.12. The first-order valence-corrected chi connectivity index (χ1v) is 9.46. The van der Waals surface area contributed by atoms with Gasteiger partial charge in [-0.1, -0.05) is 65.7 Å². The number of nitrogens with zero attached hydrogens (tertiary/aromatic N) is 1. The van der Waals surface area contributed by atoms with Crippen molar-refractivity contribution in [2.45, 2.75) is 6.61 Å². The summed E-state index contributed by atoms with van der Waals surface area (Å²) in [5.74, 6) is 0.0352. The van der Waals surface area contributed by atoms with E-state index in [-0.39, 0.29) is 12.2 Å². The van der Waals surface area contributed by atoms with Crippen LogP contribution in [0, 0.1) is 11.3 Å². The Hall–Kier alpha value is -3.26. The lowest BCUT2D eigenvalue weighted by Crippen LogP contribution is -2.13. The normalized spacial score (nSPS) is 10.9. The molecule has 29 heavy (non-hydrogen) atoms. The summed E-state index contributed by atoms with van der Waals surface area (Å²) in [6, 6.07) is 23.2. The fraction of sp³-hybridized carbons (Fsp3) is 0.0435. The highest BCUT2D eigenvalue weighted by atomic mass is 35.5. The van der Waals surface area contributed by atoms with E-state index in [1.807, 2.05) is 18.2 Å². The second-order valence-electron chi connectivity index (χ2n) is 6.05. The zero-order chi connectivity index (χ0) is 20.6. The fourth-order valence-electron chi connectivity index (χ4n) is 2.55. The highest BCUT2D eigenvalue weighted by molar-refractivity contribution is 6.35. The van der Waals surface area contributed by atoms with Gasteiger partial charge < -0.3 is 10.1 Å². The third-order valence-electron chi connectivity index (χ3n) is 4.01. The molecule has 0 aliphatic rings. The molecule has 0 saturated carbocycles. The molecule has 3 rings (SSSR count). The molecule has 144 valence electrons. The Kier molecular flexibility index (Phi) is 6.91. The number of carbonyl (C=O) groups is 1. The molecule has 0 fully saturated rings. The quantitative estimate of drug-likeness (QED) is 0.384. The summed E-state index contributed by atoms with van der Waals surface area (Å²) in [5, 5.41) is 13.2. The van der Waals surface area contributed by atoms with E-state index in [1.54, 1.807) is 60.7 Å². The topological polar surface area (TPSA) is 62.1 Å². The molecule has 0 atom stereocenters. The fourth-order valence-corrected chi connectivity index (χ4v) is 3.01. The number of nitriles is 1. The zero-order valence-corrected chi connectivity index (χ0v) is 16.7. The van der Waals surface area contributed by atoms with Crippen LogP contribution in [0.4, 0.5) is 5.69 Å². The Bertz CT molecular complexity index is 1090. The second-order valence-corrected chi connectivity index (χ2v) is 6.90. The number of rotatable bonds is 6. The van der Waals surface area contributed by atoms with Crippen LogP contribution in [0.25, 0.3) is 6.08 Å². The van der Waals surface area contributed by atoms with Crippen LogP contribution in [0.1, 0.15) is 11.1 Å². The van der Waals surface area contributed by atoms with Gasteiger partial charge >= 0.3 is 0 Å². The van der Waals surface area contributed by atoms with Crippen LogP contribution in [0.5, 0.6) is 5.75 Å². The second kappa shape index (κ2) is 9.79. The molecule has 0 unspecified atom stereocenters. The molecule has 0 bridgehead atoms. The van der Waals surface area contributed by atoms with Gasteiger partial charge in [0.05, 0.1) is 0 Å². The minimum absolute atomic E-state index is 0.0329. The smallest absolute Gasteiger partial charge is 0.266 e. The molecule has 1 amide bonds. The standard InChI is InChI=1S/C23H16Cl2N2O2/c24-19-11-10-17(21(25)13-19)15-29-22-9-5-4-6-16(22)12-18(14-26)23(28)27-20-7-2-1-3-8-20/h1-13H,15H2,(H,27,28)/b18-12+. The molecule has 0 spiro atoms. The highest BCUT2D eigenvalue weighted by Gasteiger charge is 2.12. The van der Waals surface area contributed by atoms with Crippen LogP contribution in [-0.2, 0) is 11.4 Å². The molecule has 0 heterocycles. The summed E-state index contributed by atoms with van der Waals surface area (Å²) >= 11 is 12.1. The molecule has 0 radical (unpaired) electrons. The van der Waals surface area contributed by atoms with Crippen molar-refractivity contribution in [2.75, 3.05) is 5.32 Å². The van der Waals surface area contributed by atoms with Crippen molar-refractivity contribution >= 4 is 40.9 Å². The van der Waals surface area contributed by atoms with E-state index in [2.05, 4.69) is 5.32 Å². The van der Waals surface area contributed by atoms with E-state index in [9.17, 15) is 10.1 Å². The van der Waals surface area contributed by atoms with E-state index < -0.39 is 5.91 Å². The van der Waals surface area contributed by atoms with Crippen molar-refractivity contribution in [2.24, 2.45) is 0 Å². The lowest BCUT2D eigenvalue weighted by Gasteiger charge is -2.11. The first-order chi connectivity index (χ1) is 14.1. The van der Waals surface area contributed by atoms with Crippen molar-refractivity contribution in [3.63, 3.8) is 0 Å². The molecule has 3 aromatic carbocycles. The maximum absolute atomic E-state index is 12.4. The van der Waals surface area contributed by atoms with Gasteiger partial charge in [0.1, 0.15) is 24.0 Å². The lowest BCUT2D eigenvalue weighted by atomic mass is 10.1. The minimum Gasteiger partial charge on any atom is -0.488 e. The number of nitrogens with one attached hydrogen (secondary N) is 1. The highest BCUT2D eigenvalue weighted by Crippen LogP contribution is 2.26. The molecule has 0 aromatic heterocycles. The number of hydrogen-bond acceptors (Lipinski definition) is 3. The van der Waals surface area contributed by atoms with E-state index >= 15 is 0 Å². The molecule has 1 N–H and O–H groups in total. The van der Waals surface area contributed by atoms with Crippen LogP contribution < -0.4 is 10.1 Å². The van der Waals surface area contributed by atoms with Gasteiger partial charge in [-0.05, 0) is 36.4 Å². The number of hydrogen-bond donors (Lipinski definition) is 1. The van der Waals surface area contributed by atoms with E-state index in [4.69, 9.17) is 27.9 Å². The van der Waals surface area contributed by atoms with Gasteiger partial charge in [0.15, 0.2) is 0 Å². The number of carbonyl (C=O) groups excluding carboxylic acids is 1. The summed E-state index contributed by atoms with van der Waals surface area (Å²) in [6.45, 7) is 0.221. The number of halogens is 2. The summed E-state index contributed by atoms with van der Waals surface area (Å²) < 4.78 is 5.87. The Morgan fingerprint density at radius 2 is 1.76 bits per heavy atom. The van der Waals surface area contributed by atoms with Crippen LogP contribution in [0.3, 0.4) is 0 Å².